The third-order valence-electron chi connectivity index (χ3n) is 6.12. The maximum absolute atomic E-state index is 13.9. The normalized spacial score (nSPS) is 14.9. The molecule has 216 valence electrons. The fraction of sp³-hybridized carbons (Fsp3) is 0.355. The van der Waals surface area contributed by atoms with Crippen molar-refractivity contribution in [2.24, 2.45) is 10.9 Å². The molecular formula is C31H34N2O7S. The number of esters is 2. The van der Waals surface area contributed by atoms with Gasteiger partial charge in [0.1, 0.15) is 5.75 Å². The van der Waals surface area contributed by atoms with Crippen molar-refractivity contribution in [3.05, 3.63) is 84.5 Å². The first-order valence-corrected chi connectivity index (χ1v) is 14.3. The standard InChI is InChI=1S/C31H34N2O7S/c1-7-37-23-12-9-21(10-13-23)15-26-29(35)33-28(22-11-14-24(40-20(6)34)25(16-22)38-8-2)27(19(5)32-31(33)41-26)30(36)39-17-18(3)4/h9-16,18,28H,7-8,17H2,1-6H3. The van der Waals surface area contributed by atoms with Gasteiger partial charge in [-0.2, -0.15) is 0 Å². The SMILES string of the molecule is CCOc1ccc(C=c2sc3n(c2=O)C(c2ccc(OC(C)=O)c(OCC)c2)C(C(=O)OCC(C)C)=C(C)N=3)cc1. The van der Waals surface area contributed by atoms with Crippen LogP contribution in [0.1, 0.15) is 58.7 Å². The number of carbonyl (C=O) groups excluding carboxylic acids is 2. The molecular weight excluding hydrogens is 544 g/mol. The van der Waals surface area contributed by atoms with Crippen molar-refractivity contribution < 1.29 is 28.5 Å². The van der Waals surface area contributed by atoms with Crippen LogP contribution in [0, 0.1) is 5.92 Å². The van der Waals surface area contributed by atoms with Crippen LogP contribution in [0.5, 0.6) is 17.2 Å². The van der Waals surface area contributed by atoms with Gasteiger partial charge in [-0.05, 0) is 68.2 Å². The number of thiazole rings is 1. The zero-order chi connectivity index (χ0) is 29.7. The molecule has 1 aliphatic heterocycles. The van der Waals surface area contributed by atoms with Gasteiger partial charge in [-0.3, -0.25) is 14.2 Å². The fourth-order valence-corrected chi connectivity index (χ4v) is 5.45. The minimum atomic E-state index is -0.834. The lowest BCUT2D eigenvalue weighted by Crippen LogP contribution is -2.40. The third-order valence-corrected chi connectivity index (χ3v) is 7.10. The topological polar surface area (TPSA) is 105 Å². The molecule has 2 aromatic carbocycles. The summed E-state index contributed by atoms with van der Waals surface area (Å²) in [6.07, 6.45) is 1.79. The van der Waals surface area contributed by atoms with E-state index in [1.54, 1.807) is 31.2 Å². The zero-order valence-electron chi connectivity index (χ0n) is 24.1. The Morgan fingerprint density at radius 1 is 1.05 bits per heavy atom. The molecule has 0 fully saturated rings. The summed E-state index contributed by atoms with van der Waals surface area (Å²) in [5, 5.41) is 0. The second-order valence-electron chi connectivity index (χ2n) is 9.81. The Bertz CT molecular complexity index is 1650. The summed E-state index contributed by atoms with van der Waals surface area (Å²) in [4.78, 5) is 44.1. The molecule has 0 N–H and O–H groups in total. The van der Waals surface area contributed by atoms with Gasteiger partial charge in [0.05, 0.1) is 41.7 Å². The number of rotatable bonds is 10. The van der Waals surface area contributed by atoms with Crippen LogP contribution in [0.25, 0.3) is 6.08 Å². The van der Waals surface area contributed by atoms with E-state index in [1.807, 2.05) is 52.0 Å². The highest BCUT2D eigenvalue weighted by atomic mass is 32.1. The highest BCUT2D eigenvalue weighted by Gasteiger charge is 2.34. The zero-order valence-corrected chi connectivity index (χ0v) is 24.9. The van der Waals surface area contributed by atoms with Gasteiger partial charge in [0.2, 0.25) is 0 Å². The van der Waals surface area contributed by atoms with E-state index in [2.05, 4.69) is 4.99 Å². The fourth-order valence-electron chi connectivity index (χ4n) is 4.40. The van der Waals surface area contributed by atoms with Crippen LogP contribution in [0.15, 0.2) is 63.5 Å². The van der Waals surface area contributed by atoms with Crippen LogP contribution in [0.4, 0.5) is 0 Å². The predicted molar refractivity (Wildman–Crippen MR) is 156 cm³/mol. The Morgan fingerprint density at radius 3 is 2.39 bits per heavy atom. The second kappa shape index (κ2) is 13.0. The monoisotopic (exact) mass is 578 g/mol. The van der Waals surface area contributed by atoms with Crippen LogP contribution in [-0.2, 0) is 14.3 Å². The largest absolute Gasteiger partial charge is 0.494 e. The molecule has 2 heterocycles. The first kappa shape index (κ1) is 29.8. The number of allylic oxidation sites excluding steroid dienone is 1. The van der Waals surface area contributed by atoms with Gasteiger partial charge < -0.3 is 18.9 Å². The van der Waals surface area contributed by atoms with Crippen molar-refractivity contribution in [2.75, 3.05) is 19.8 Å². The molecule has 0 saturated heterocycles. The molecule has 41 heavy (non-hydrogen) atoms. The van der Waals surface area contributed by atoms with Crippen molar-refractivity contribution >= 4 is 29.4 Å². The summed E-state index contributed by atoms with van der Waals surface area (Å²) in [6.45, 7) is 11.8. The summed E-state index contributed by atoms with van der Waals surface area (Å²) < 4.78 is 24.2. The Kier molecular flexibility index (Phi) is 9.44. The number of benzene rings is 2. The molecule has 1 unspecified atom stereocenters. The molecule has 3 aromatic rings. The van der Waals surface area contributed by atoms with Crippen LogP contribution in [-0.4, -0.2) is 36.3 Å². The van der Waals surface area contributed by atoms with Gasteiger partial charge in [0.25, 0.3) is 5.56 Å². The first-order valence-electron chi connectivity index (χ1n) is 13.5. The average Bonchev–Trinajstić information content (AvgIpc) is 3.22. The molecule has 1 aromatic heterocycles. The maximum Gasteiger partial charge on any atom is 0.338 e. The van der Waals surface area contributed by atoms with Crippen LogP contribution in [0.2, 0.25) is 0 Å². The Balaban J connectivity index is 1.89. The molecule has 0 spiro atoms. The Hall–Kier alpha value is -4.18. The van der Waals surface area contributed by atoms with Crippen molar-refractivity contribution in [2.45, 2.75) is 47.6 Å². The lowest BCUT2D eigenvalue weighted by atomic mass is 9.95. The minimum absolute atomic E-state index is 0.126. The van der Waals surface area contributed by atoms with E-state index >= 15 is 0 Å². The quantitative estimate of drug-likeness (QED) is 0.263. The smallest absolute Gasteiger partial charge is 0.338 e. The van der Waals surface area contributed by atoms with Gasteiger partial charge in [0, 0.05) is 6.92 Å². The minimum Gasteiger partial charge on any atom is -0.494 e. The van der Waals surface area contributed by atoms with E-state index in [0.29, 0.717) is 39.6 Å². The summed E-state index contributed by atoms with van der Waals surface area (Å²) in [5.74, 6) is 0.397. The molecule has 0 amide bonds. The van der Waals surface area contributed by atoms with Crippen LogP contribution in [0.3, 0.4) is 0 Å². The predicted octanol–water partition coefficient (Wildman–Crippen LogP) is 4.16. The lowest BCUT2D eigenvalue weighted by Gasteiger charge is -2.25. The number of hydrogen-bond acceptors (Lipinski definition) is 9. The van der Waals surface area contributed by atoms with E-state index in [0.717, 1.165) is 11.3 Å². The summed E-state index contributed by atoms with van der Waals surface area (Å²) >= 11 is 1.24. The summed E-state index contributed by atoms with van der Waals surface area (Å²) in [6, 6.07) is 11.6. The van der Waals surface area contributed by atoms with Crippen LogP contribution < -0.4 is 29.1 Å². The van der Waals surface area contributed by atoms with E-state index in [-0.39, 0.29) is 29.4 Å². The number of aromatic nitrogens is 1. The highest BCUT2D eigenvalue weighted by Crippen LogP contribution is 2.36. The molecule has 9 nitrogen and oxygen atoms in total. The van der Waals surface area contributed by atoms with Crippen LogP contribution >= 0.6 is 11.3 Å². The number of carbonyl (C=O) groups is 2. The Morgan fingerprint density at radius 2 is 1.76 bits per heavy atom. The molecule has 1 aliphatic rings. The van der Waals surface area contributed by atoms with Crippen molar-refractivity contribution in [3.63, 3.8) is 0 Å². The molecule has 10 heteroatoms. The van der Waals surface area contributed by atoms with Gasteiger partial charge in [-0.15, -0.1) is 0 Å². The number of fused-ring (bicyclic) bond motifs is 1. The second-order valence-corrected chi connectivity index (χ2v) is 10.8. The van der Waals surface area contributed by atoms with Gasteiger partial charge in [-0.25, -0.2) is 9.79 Å². The molecule has 0 bridgehead atoms. The average molecular weight is 579 g/mol. The molecule has 4 rings (SSSR count). The van der Waals surface area contributed by atoms with Crippen molar-refractivity contribution in [3.8, 4) is 17.2 Å². The van der Waals surface area contributed by atoms with Gasteiger partial charge >= 0.3 is 11.9 Å². The molecule has 1 atom stereocenters. The van der Waals surface area contributed by atoms with E-state index < -0.39 is 18.0 Å². The summed E-state index contributed by atoms with van der Waals surface area (Å²) in [5.41, 5.74) is 1.83. The number of nitrogens with zero attached hydrogens (tertiary/aromatic N) is 2. The summed E-state index contributed by atoms with van der Waals surface area (Å²) in [7, 11) is 0. The molecule has 0 radical (unpaired) electrons. The van der Waals surface area contributed by atoms with Crippen molar-refractivity contribution in [1.82, 2.24) is 4.57 Å². The van der Waals surface area contributed by atoms with E-state index in [4.69, 9.17) is 18.9 Å². The lowest BCUT2D eigenvalue weighted by molar-refractivity contribution is -0.140. The number of ether oxygens (including phenoxy) is 4. The van der Waals surface area contributed by atoms with E-state index in [1.165, 1.54) is 22.8 Å². The van der Waals surface area contributed by atoms with Gasteiger partial charge in [-0.1, -0.05) is 43.4 Å². The van der Waals surface area contributed by atoms with E-state index in [9.17, 15) is 14.4 Å². The maximum atomic E-state index is 13.9. The Labute approximate surface area is 242 Å². The molecule has 0 aliphatic carbocycles. The highest BCUT2D eigenvalue weighted by molar-refractivity contribution is 7.07. The van der Waals surface area contributed by atoms with Gasteiger partial charge in [0.15, 0.2) is 16.3 Å². The first-order chi connectivity index (χ1) is 19.6. The van der Waals surface area contributed by atoms with Crippen molar-refractivity contribution in [1.29, 1.82) is 0 Å². The third kappa shape index (κ3) is 6.77. The number of hydrogen-bond donors (Lipinski definition) is 0. The molecule has 0 saturated carbocycles.